The predicted molar refractivity (Wildman–Crippen MR) is 89.3 cm³/mol. The van der Waals surface area contributed by atoms with Crippen molar-refractivity contribution in [2.24, 2.45) is 5.41 Å². The Bertz CT molecular complexity index is 570. The first-order valence-electron chi connectivity index (χ1n) is 7.68. The number of carbonyl (C=O) groups excluding carboxylic acids is 3. The van der Waals surface area contributed by atoms with Gasteiger partial charge < -0.3 is 15.1 Å². The highest BCUT2D eigenvalue weighted by Gasteiger charge is 2.30. The normalized spacial score (nSPS) is 15.4. The van der Waals surface area contributed by atoms with Crippen molar-refractivity contribution in [1.82, 2.24) is 15.1 Å². The maximum atomic E-state index is 12.2. The summed E-state index contributed by atoms with van der Waals surface area (Å²) in [5.41, 5.74) is -0.402. The summed E-state index contributed by atoms with van der Waals surface area (Å²) in [6, 6.07) is 3.52. The molecule has 0 bridgehead atoms. The molecule has 1 aliphatic rings. The fourth-order valence-electron chi connectivity index (χ4n) is 2.40. The molecule has 126 valence electrons. The molecule has 2 heterocycles. The topological polar surface area (TPSA) is 69.7 Å². The highest BCUT2D eigenvalue weighted by molar-refractivity contribution is 7.12. The van der Waals surface area contributed by atoms with Crippen molar-refractivity contribution in [3.8, 4) is 0 Å². The summed E-state index contributed by atoms with van der Waals surface area (Å²) in [5.74, 6) is -0.233. The Morgan fingerprint density at radius 2 is 1.74 bits per heavy atom. The fraction of sp³-hybridized carbons (Fsp3) is 0.562. The molecule has 0 saturated carbocycles. The monoisotopic (exact) mass is 337 g/mol. The average molecular weight is 337 g/mol. The minimum absolute atomic E-state index is 0.00997. The number of amides is 3. The molecule has 1 saturated heterocycles. The van der Waals surface area contributed by atoms with Crippen LogP contribution in [-0.4, -0.2) is 60.2 Å². The zero-order valence-corrected chi connectivity index (χ0v) is 14.6. The number of hydrogen-bond donors (Lipinski definition) is 1. The van der Waals surface area contributed by atoms with Gasteiger partial charge in [0.25, 0.3) is 5.91 Å². The molecule has 0 aliphatic carbocycles. The molecule has 1 aromatic rings. The van der Waals surface area contributed by atoms with E-state index in [2.05, 4.69) is 5.32 Å². The van der Waals surface area contributed by atoms with Gasteiger partial charge in [-0.3, -0.25) is 14.4 Å². The second kappa shape index (κ2) is 7.12. The summed E-state index contributed by atoms with van der Waals surface area (Å²) >= 11 is 1.34. The molecule has 1 N–H and O–H groups in total. The van der Waals surface area contributed by atoms with E-state index in [9.17, 15) is 14.4 Å². The van der Waals surface area contributed by atoms with E-state index < -0.39 is 5.41 Å². The SMILES string of the molecule is CC(C)(C)C(=O)N1CCN(C(=O)CNC(=O)c2cccs2)CC1. The van der Waals surface area contributed by atoms with Crippen LogP contribution in [-0.2, 0) is 9.59 Å². The molecule has 1 aliphatic heterocycles. The number of thiophene rings is 1. The molecule has 1 fully saturated rings. The Labute approximate surface area is 140 Å². The van der Waals surface area contributed by atoms with Gasteiger partial charge in [0.05, 0.1) is 11.4 Å². The van der Waals surface area contributed by atoms with Gasteiger partial charge in [0.2, 0.25) is 11.8 Å². The smallest absolute Gasteiger partial charge is 0.261 e. The summed E-state index contributed by atoms with van der Waals surface area (Å²) < 4.78 is 0. The van der Waals surface area contributed by atoms with Gasteiger partial charge in [-0.05, 0) is 11.4 Å². The van der Waals surface area contributed by atoms with Gasteiger partial charge in [0.1, 0.15) is 0 Å². The van der Waals surface area contributed by atoms with E-state index in [1.807, 2.05) is 26.2 Å². The van der Waals surface area contributed by atoms with Crippen molar-refractivity contribution in [3.05, 3.63) is 22.4 Å². The maximum Gasteiger partial charge on any atom is 0.261 e. The van der Waals surface area contributed by atoms with Crippen molar-refractivity contribution < 1.29 is 14.4 Å². The Kier molecular flexibility index (Phi) is 5.41. The largest absolute Gasteiger partial charge is 0.342 e. The van der Waals surface area contributed by atoms with Crippen molar-refractivity contribution in [1.29, 1.82) is 0 Å². The van der Waals surface area contributed by atoms with Crippen LogP contribution in [0.15, 0.2) is 17.5 Å². The molecule has 0 radical (unpaired) electrons. The van der Waals surface area contributed by atoms with E-state index in [4.69, 9.17) is 0 Å². The van der Waals surface area contributed by atoms with Gasteiger partial charge in [0, 0.05) is 31.6 Å². The van der Waals surface area contributed by atoms with E-state index in [1.165, 1.54) is 11.3 Å². The van der Waals surface area contributed by atoms with Crippen LogP contribution >= 0.6 is 11.3 Å². The summed E-state index contributed by atoms with van der Waals surface area (Å²) in [6.45, 7) is 7.78. The molecule has 23 heavy (non-hydrogen) atoms. The average Bonchev–Trinajstić information content (AvgIpc) is 3.05. The van der Waals surface area contributed by atoms with Gasteiger partial charge in [-0.2, -0.15) is 0 Å². The van der Waals surface area contributed by atoms with E-state index in [0.717, 1.165) is 0 Å². The Morgan fingerprint density at radius 3 is 2.26 bits per heavy atom. The quantitative estimate of drug-likeness (QED) is 0.901. The minimum atomic E-state index is -0.402. The molecule has 7 heteroatoms. The number of rotatable bonds is 3. The number of hydrogen-bond acceptors (Lipinski definition) is 4. The van der Waals surface area contributed by atoms with E-state index in [0.29, 0.717) is 31.1 Å². The van der Waals surface area contributed by atoms with Gasteiger partial charge in [-0.1, -0.05) is 26.8 Å². The van der Waals surface area contributed by atoms with E-state index >= 15 is 0 Å². The molecule has 2 rings (SSSR count). The lowest BCUT2D eigenvalue weighted by Crippen LogP contribution is -2.54. The summed E-state index contributed by atoms with van der Waals surface area (Å²) in [7, 11) is 0. The molecule has 0 atom stereocenters. The summed E-state index contributed by atoms with van der Waals surface area (Å²) in [6.07, 6.45) is 0. The zero-order valence-electron chi connectivity index (χ0n) is 13.8. The molecule has 0 aromatic carbocycles. The Hall–Kier alpha value is -1.89. The standard InChI is InChI=1S/C16H23N3O3S/c1-16(2,3)15(22)19-8-6-18(7-9-19)13(20)11-17-14(21)12-5-4-10-23-12/h4-5,10H,6-9,11H2,1-3H3,(H,17,21). The molecule has 3 amide bonds. The highest BCUT2D eigenvalue weighted by Crippen LogP contribution is 2.18. The lowest BCUT2D eigenvalue weighted by Gasteiger charge is -2.37. The second-order valence-corrected chi connectivity index (χ2v) is 7.53. The van der Waals surface area contributed by atoms with Gasteiger partial charge in [-0.15, -0.1) is 11.3 Å². The van der Waals surface area contributed by atoms with Gasteiger partial charge >= 0.3 is 0 Å². The molecular weight excluding hydrogens is 314 g/mol. The van der Waals surface area contributed by atoms with Gasteiger partial charge in [-0.25, -0.2) is 0 Å². The Morgan fingerprint density at radius 1 is 1.13 bits per heavy atom. The van der Waals surface area contributed by atoms with E-state index in [-0.39, 0.29) is 24.3 Å². The Balaban J connectivity index is 1.78. The third kappa shape index (κ3) is 4.54. The van der Waals surface area contributed by atoms with Crippen molar-refractivity contribution in [3.63, 3.8) is 0 Å². The molecule has 6 nitrogen and oxygen atoms in total. The van der Waals surface area contributed by atoms with Crippen molar-refractivity contribution in [2.75, 3.05) is 32.7 Å². The third-order valence-electron chi connectivity index (χ3n) is 3.71. The van der Waals surface area contributed by atoms with Crippen molar-refractivity contribution in [2.45, 2.75) is 20.8 Å². The first kappa shape index (κ1) is 17.5. The molecule has 0 spiro atoms. The summed E-state index contributed by atoms with van der Waals surface area (Å²) in [4.78, 5) is 40.3. The molecule has 0 unspecified atom stereocenters. The zero-order chi connectivity index (χ0) is 17.0. The fourth-order valence-corrected chi connectivity index (χ4v) is 3.04. The first-order chi connectivity index (χ1) is 10.8. The predicted octanol–water partition coefficient (Wildman–Crippen LogP) is 1.19. The van der Waals surface area contributed by atoms with Crippen LogP contribution in [0.1, 0.15) is 30.4 Å². The van der Waals surface area contributed by atoms with Crippen LogP contribution in [0.3, 0.4) is 0 Å². The van der Waals surface area contributed by atoms with Crippen LogP contribution in [0.4, 0.5) is 0 Å². The van der Waals surface area contributed by atoms with Crippen LogP contribution in [0.5, 0.6) is 0 Å². The van der Waals surface area contributed by atoms with Crippen molar-refractivity contribution >= 4 is 29.1 Å². The van der Waals surface area contributed by atoms with E-state index in [1.54, 1.807) is 21.9 Å². The number of nitrogens with zero attached hydrogens (tertiary/aromatic N) is 2. The first-order valence-corrected chi connectivity index (χ1v) is 8.56. The van der Waals surface area contributed by atoms with Crippen LogP contribution in [0.25, 0.3) is 0 Å². The number of carbonyl (C=O) groups is 3. The van der Waals surface area contributed by atoms with Crippen LogP contribution in [0.2, 0.25) is 0 Å². The van der Waals surface area contributed by atoms with Crippen LogP contribution < -0.4 is 5.32 Å². The lowest BCUT2D eigenvalue weighted by molar-refractivity contribution is -0.144. The highest BCUT2D eigenvalue weighted by atomic mass is 32.1. The lowest BCUT2D eigenvalue weighted by atomic mass is 9.94. The van der Waals surface area contributed by atoms with Crippen LogP contribution in [0, 0.1) is 5.41 Å². The molecular formula is C16H23N3O3S. The minimum Gasteiger partial charge on any atom is -0.342 e. The number of nitrogens with one attached hydrogen (secondary N) is 1. The summed E-state index contributed by atoms with van der Waals surface area (Å²) in [5, 5.41) is 4.46. The maximum absolute atomic E-state index is 12.2. The second-order valence-electron chi connectivity index (χ2n) is 6.58. The third-order valence-corrected chi connectivity index (χ3v) is 4.57. The van der Waals surface area contributed by atoms with Gasteiger partial charge in [0.15, 0.2) is 0 Å². The number of piperazine rings is 1. The molecule has 1 aromatic heterocycles.